The molecule has 0 saturated heterocycles. The summed E-state index contributed by atoms with van der Waals surface area (Å²) in [4.78, 5) is 36.9. The van der Waals surface area contributed by atoms with Gasteiger partial charge in [-0.25, -0.2) is 14.6 Å². The highest BCUT2D eigenvalue weighted by Gasteiger charge is 2.26. The minimum atomic E-state index is -1.26. The lowest BCUT2D eigenvalue weighted by atomic mass is 10.3. The Morgan fingerprint density at radius 3 is 2.74 bits per heavy atom. The summed E-state index contributed by atoms with van der Waals surface area (Å²) >= 11 is 1.29. The van der Waals surface area contributed by atoms with Crippen molar-refractivity contribution in [1.82, 2.24) is 10.3 Å². The molecule has 1 saturated carbocycles. The topological polar surface area (TPSA) is 108 Å². The fraction of sp³-hybridized carbons (Fsp3) is 0.273. The predicted octanol–water partition coefficient (Wildman–Crippen LogP) is 1.31. The standard InChI is InChI=1S/C11H11N3O4S/c15-8(3-4-9(16)17)13-10(18)14-11-12-7(5-19-11)6-1-2-6/h3-6H,1-2H2,(H,16,17)(H2,12,13,14,15,18). The lowest BCUT2D eigenvalue weighted by Crippen LogP contribution is -2.33. The van der Waals surface area contributed by atoms with Gasteiger partial charge in [-0.3, -0.25) is 15.4 Å². The van der Waals surface area contributed by atoms with Crippen LogP contribution in [0.5, 0.6) is 0 Å². The Morgan fingerprint density at radius 2 is 2.11 bits per heavy atom. The predicted molar refractivity (Wildman–Crippen MR) is 68.0 cm³/mol. The number of aromatic nitrogens is 1. The van der Waals surface area contributed by atoms with Crippen LogP contribution < -0.4 is 10.6 Å². The average molecular weight is 281 g/mol. The molecule has 0 aliphatic heterocycles. The van der Waals surface area contributed by atoms with E-state index in [9.17, 15) is 14.4 Å². The number of carbonyl (C=O) groups is 3. The van der Waals surface area contributed by atoms with E-state index in [1.165, 1.54) is 11.3 Å². The zero-order valence-corrected chi connectivity index (χ0v) is 10.6. The molecule has 0 spiro atoms. The minimum absolute atomic E-state index is 0.411. The van der Waals surface area contributed by atoms with Crippen molar-refractivity contribution in [3.63, 3.8) is 0 Å². The van der Waals surface area contributed by atoms with Crippen LogP contribution in [0.3, 0.4) is 0 Å². The Bertz CT molecular complexity index is 548. The first-order valence-electron chi connectivity index (χ1n) is 5.53. The van der Waals surface area contributed by atoms with Gasteiger partial charge in [-0.2, -0.15) is 0 Å². The number of carbonyl (C=O) groups excluding carboxylic acids is 2. The Balaban J connectivity index is 1.82. The number of rotatable bonds is 4. The summed E-state index contributed by atoms with van der Waals surface area (Å²) in [6.45, 7) is 0. The molecular weight excluding hydrogens is 270 g/mol. The maximum absolute atomic E-state index is 11.4. The summed E-state index contributed by atoms with van der Waals surface area (Å²) < 4.78 is 0. The fourth-order valence-electron chi connectivity index (χ4n) is 1.34. The quantitative estimate of drug-likeness (QED) is 0.721. The summed E-state index contributed by atoms with van der Waals surface area (Å²) in [5, 5.41) is 15.0. The molecule has 0 atom stereocenters. The van der Waals surface area contributed by atoms with Crippen LogP contribution in [0.1, 0.15) is 24.5 Å². The lowest BCUT2D eigenvalue weighted by Gasteiger charge is -2.00. The number of nitrogens with zero attached hydrogens (tertiary/aromatic N) is 1. The van der Waals surface area contributed by atoms with E-state index in [2.05, 4.69) is 10.3 Å². The van der Waals surface area contributed by atoms with Gasteiger partial charge in [0.25, 0.3) is 5.91 Å². The summed E-state index contributed by atoms with van der Waals surface area (Å²) in [5.74, 6) is -1.57. The van der Waals surface area contributed by atoms with Crippen molar-refractivity contribution in [2.45, 2.75) is 18.8 Å². The third-order valence-corrected chi connectivity index (χ3v) is 3.13. The van der Waals surface area contributed by atoms with Gasteiger partial charge >= 0.3 is 12.0 Å². The number of aliphatic carboxylic acids is 1. The second-order valence-corrected chi connectivity index (χ2v) is 4.82. The van der Waals surface area contributed by atoms with Crippen molar-refractivity contribution in [1.29, 1.82) is 0 Å². The summed E-state index contributed by atoms with van der Waals surface area (Å²) in [6.07, 6.45) is 3.65. The minimum Gasteiger partial charge on any atom is -0.478 e. The number of urea groups is 1. The first-order chi connectivity index (χ1) is 9.04. The number of amides is 3. The molecule has 1 aliphatic carbocycles. The molecule has 8 heteroatoms. The lowest BCUT2D eigenvalue weighted by molar-refractivity contribution is -0.131. The molecule has 100 valence electrons. The van der Waals surface area contributed by atoms with Crippen molar-refractivity contribution in [2.24, 2.45) is 0 Å². The van der Waals surface area contributed by atoms with Crippen LogP contribution in [0.25, 0.3) is 0 Å². The zero-order valence-electron chi connectivity index (χ0n) is 9.75. The molecular formula is C11H11N3O4S. The van der Waals surface area contributed by atoms with E-state index in [0.717, 1.165) is 24.6 Å². The van der Waals surface area contributed by atoms with Gasteiger partial charge in [0.1, 0.15) is 0 Å². The molecule has 2 rings (SSSR count). The average Bonchev–Trinajstić information content (AvgIpc) is 3.08. The van der Waals surface area contributed by atoms with Gasteiger partial charge in [0, 0.05) is 23.5 Å². The van der Waals surface area contributed by atoms with Crippen molar-refractivity contribution in [2.75, 3.05) is 5.32 Å². The molecule has 3 N–H and O–H groups in total. The molecule has 1 heterocycles. The molecule has 1 aromatic heterocycles. The van der Waals surface area contributed by atoms with Gasteiger partial charge in [-0.05, 0) is 12.8 Å². The van der Waals surface area contributed by atoms with Crippen molar-refractivity contribution < 1.29 is 19.5 Å². The van der Waals surface area contributed by atoms with Gasteiger partial charge in [-0.15, -0.1) is 11.3 Å². The van der Waals surface area contributed by atoms with Crippen LogP contribution in [-0.4, -0.2) is 28.0 Å². The number of carboxylic acids is 1. The number of hydrogen-bond acceptors (Lipinski definition) is 5. The maximum Gasteiger partial charge on any atom is 0.328 e. The first-order valence-corrected chi connectivity index (χ1v) is 6.41. The monoisotopic (exact) mass is 281 g/mol. The highest BCUT2D eigenvalue weighted by Crippen LogP contribution is 2.40. The Hall–Kier alpha value is -2.22. The van der Waals surface area contributed by atoms with Crippen LogP contribution >= 0.6 is 11.3 Å². The van der Waals surface area contributed by atoms with E-state index in [1.807, 2.05) is 10.7 Å². The number of thiazole rings is 1. The Morgan fingerprint density at radius 1 is 1.37 bits per heavy atom. The molecule has 7 nitrogen and oxygen atoms in total. The zero-order chi connectivity index (χ0) is 13.8. The van der Waals surface area contributed by atoms with E-state index in [4.69, 9.17) is 5.11 Å². The molecule has 19 heavy (non-hydrogen) atoms. The van der Waals surface area contributed by atoms with E-state index < -0.39 is 17.9 Å². The number of nitrogens with one attached hydrogen (secondary N) is 2. The van der Waals surface area contributed by atoms with Crippen LogP contribution in [0.2, 0.25) is 0 Å². The van der Waals surface area contributed by atoms with Crippen molar-refractivity contribution in [3.05, 3.63) is 23.2 Å². The van der Waals surface area contributed by atoms with E-state index in [-0.39, 0.29) is 0 Å². The summed E-state index contributed by atoms with van der Waals surface area (Å²) in [5.41, 5.74) is 0.956. The van der Waals surface area contributed by atoms with Crippen LogP contribution in [-0.2, 0) is 9.59 Å². The molecule has 0 aromatic carbocycles. The van der Waals surface area contributed by atoms with E-state index in [1.54, 1.807) is 0 Å². The second-order valence-electron chi connectivity index (χ2n) is 3.97. The molecule has 1 aromatic rings. The van der Waals surface area contributed by atoms with Crippen LogP contribution in [0.4, 0.5) is 9.93 Å². The SMILES string of the molecule is O=C(O)C=CC(=O)NC(=O)Nc1nc(C2CC2)cs1. The van der Waals surface area contributed by atoms with Gasteiger partial charge in [0.05, 0.1) is 5.69 Å². The highest BCUT2D eigenvalue weighted by molar-refractivity contribution is 7.13. The number of carboxylic acid groups (broad SMARTS) is 1. The maximum atomic E-state index is 11.4. The van der Waals surface area contributed by atoms with Gasteiger partial charge < -0.3 is 5.11 Å². The summed E-state index contributed by atoms with van der Waals surface area (Å²) in [6, 6.07) is -0.739. The normalized spacial score (nSPS) is 14.3. The highest BCUT2D eigenvalue weighted by atomic mass is 32.1. The number of anilines is 1. The molecule has 1 fully saturated rings. The van der Waals surface area contributed by atoms with Gasteiger partial charge in [0.2, 0.25) is 0 Å². The molecule has 1 aliphatic rings. The Labute approximate surface area is 112 Å². The van der Waals surface area contributed by atoms with Crippen molar-refractivity contribution in [3.8, 4) is 0 Å². The smallest absolute Gasteiger partial charge is 0.328 e. The van der Waals surface area contributed by atoms with Crippen molar-refractivity contribution >= 4 is 34.4 Å². The van der Waals surface area contributed by atoms with E-state index >= 15 is 0 Å². The molecule has 0 radical (unpaired) electrons. The van der Waals surface area contributed by atoms with Gasteiger partial charge in [-0.1, -0.05) is 0 Å². The second kappa shape index (κ2) is 5.61. The molecule has 0 bridgehead atoms. The third kappa shape index (κ3) is 4.18. The fourth-order valence-corrected chi connectivity index (χ4v) is 2.13. The molecule has 3 amide bonds. The number of hydrogen-bond donors (Lipinski definition) is 3. The third-order valence-electron chi connectivity index (χ3n) is 2.35. The first kappa shape index (κ1) is 13.2. The van der Waals surface area contributed by atoms with E-state index in [0.29, 0.717) is 17.1 Å². The molecule has 0 unspecified atom stereocenters. The van der Waals surface area contributed by atoms with Crippen LogP contribution in [0.15, 0.2) is 17.5 Å². The number of imide groups is 1. The summed E-state index contributed by atoms with van der Waals surface area (Å²) in [7, 11) is 0. The largest absolute Gasteiger partial charge is 0.478 e. The van der Waals surface area contributed by atoms with Gasteiger partial charge in [0.15, 0.2) is 5.13 Å². The Kier molecular flexibility index (Phi) is 3.91. The van der Waals surface area contributed by atoms with Crippen LogP contribution in [0, 0.1) is 0 Å².